The summed E-state index contributed by atoms with van der Waals surface area (Å²) in [5, 5.41) is 13.6. The first-order valence-corrected chi connectivity index (χ1v) is 15.1. The highest BCUT2D eigenvalue weighted by molar-refractivity contribution is 6.22. The number of phenols is 1. The summed E-state index contributed by atoms with van der Waals surface area (Å²) in [4.78, 5) is 29.1. The van der Waals surface area contributed by atoms with Crippen molar-refractivity contribution >= 4 is 35.0 Å². The quantitative estimate of drug-likeness (QED) is 0.202. The molecule has 2 amide bonds. The van der Waals surface area contributed by atoms with Crippen molar-refractivity contribution in [1.29, 1.82) is 0 Å². The van der Waals surface area contributed by atoms with Gasteiger partial charge >= 0.3 is 0 Å². The molecule has 2 N–H and O–H groups in total. The number of methoxy groups -OCH3 is 1. The topological polar surface area (TPSA) is 88.1 Å². The van der Waals surface area contributed by atoms with E-state index in [1.54, 1.807) is 13.2 Å². The fourth-order valence-corrected chi connectivity index (χ4v) is 6.91. The lowest BCUT2D eigenvalue weighted by Crippen LogP contribution is -2.35. The highest BCUT2D eigenvalue weighted by Crippen LogP contribution is 2.50. The normalized spacial score (nSPS) is 23.5. The van der Waals surface area contributed by atoms with Crippen LogP contribution in [0.15, 0.2) is 95.6 Å². The number of hydrogen-bond donors (Lipinski definition) is 2. The van der Waals surface area contributed by atoms with E-state index in [2.05, 4.69) is 18.3 Å². The molecule has 0 aromatic heterocycles. The third kappa shape index (κ3) is 5.75. The molecule has 1 aliphatic carbocycles. The molecule has 0 bridgehead atoms. The number of benzene rings is 3. The number of allylic oxidation sites excluding steroid dienone is 1. The van der Waals surface area contributed by atoms with Crippen LogP contribution in [0.25, 0.3) is 6.08 Å². The number of fused-ring (bicyclic) bond motifs is 3. The van der Waals surface area contributed by atoms with E-state index in [1.165, 1.54) is 10.5 Å². The number of aromatic hydroxyl groups is 1. The van der Waals surface area contributed by atoms with Crippen LogP contribution in [0.2, 0.25) is 0 Å². The highest BCUT2D eigenvalue weighted by Gasteiger charge is 2.57. The molecule has 3 aromatic carbocycles. The van der Waals surface area contributed by atoms with Crippen LogP contribution in [-0.4, -0.2) is 43.3 Å². The van der Waals surface area contributed by atoms with E-state index in [1.807, 2.05) is 72.8 Å². The second-order valence-electron chi connectivity index (χ2n) is 11.6. The molecule has 4 atom stereocenters. The number of carbonyl (C=O) groups excluding carboxylic acids is 2. The van der Waals surface area contributed by atoms with Crippen molar-refractivity contribution in [1.82, 2.24) is 0 Å². The minimum absolute atomic E-state index is 0.129. The maximum atomic E-state index is 13.9. The molecule has 3 aliphatic rings. The summed E-state index contributed by atoms with van der Waals surface area (Å²) < 4.78 is 12.0. The molecule has 2 heterocycles. The summed E-state index contributed by atoms with van der Waals surface area (Å²) in [6, 6.07) is 24.7. The number of hydrogen-bond acceptors (Lipinski definition) is 6. The van der Waals surface area contributed by atoms with Crippen LogP contribution in [0.1, 0.15) is 38.2 Å². The van der Waals surface area contributed by atoms with Crippen molar-refractivity contribution < 1.29 is 24.2 Å². The summed E-state index contributed by atoms with van der Waals surface area (Å²) in [5.74, 6) is -1.00. The van der Waals surface area contributed by atoms with Gasteiger partial charge in [-0.25, -0.2) is 0 Å². The molecular weight excluding hydrogens is 540 g/mol. The van der Waals surface area contributed by atoms with Crippen LogP contribution in [0.5, 0.6) is 5.75 Å². The molecule has 2 saturated heterocycles. The van der Waals surface area contributed by atoms with Crippen LogP contribution in [0.3, 0.4) is 0 Å². The molecule has 0 saturated carbocycles. The predicted octanol–water partition coefficient (Wildman–Crippen LogP) is 6.88. The molecule has 7 nitrogen and oxygen atoms in total. The number of imide groups is 1. The summed E-state index contributed by atoms with van der Waals surface area (Å²) in [6.45, 7) is 2.96. The summed E-state index contributed by atoms with van der Waals surface area (Å²) in [7, 11) is 1.67. The predicted molar refractivity (Wildman–Crippen MR) is 168 cm³/mol. The first-order valence-electron chi connectivity index (χ1n) is 15.1. The van der Waals surface area contributed by atoms with Gasteiger partial charge in [0.2, 0.25) is 11.8 Å². The van der Waals surface area contributed by atoms with Gasteiger partial charge in [0.15, 0.2) is 0 Å². The zero-order chi connectivity index (χ0) is 29.9. The lowest BCUT2D eigenvalue weighted by molar-refractivity contribution is -0.122. The summed E-state index contributed by atoms with van der Waals surface area (Å²) in [6.07, 6.45) is 4.87. The van der Waals surface area contributed by atoms with E-state index in [-0.39, 0.29) is 29.6 Å². The van der Waals surface area contributed by atoms with Gasteiger partial charge in [0.25, 0.3) is 0 Å². The summed E-state index contributed by atoms with van der Waals surface area (Å²) in [5.41, 5.74) is 6.70. The minimum Gasteiger partial charge on any atom is -0.507 e. The van der Waals surface area contributed by atoms with Gasteiger partial charge < -0.3 is 19.9 Å². The van der Waals surface area contributed by atoms with Crippen LogP contribution < -0.4 is 10.2 Å². The van der Waals surface area contributed by atoms with E-state index >= 15 is 0 Å². The van der Waals surface area contributed by atoms with Crippen molar-refractivity contribution in [3.63, 3.8) is 0 Å². The zero-order valence-electron chi connectivity index (χ0n) is 24.7. The molecule has 2 fully saturated rings. The lowest BCUT2D eigenvalue weighted by Gasteiger charge is -2.31. The van der Waals surface area contributed by atoms with E-state index in [0.29, 0.717) is 25.3 Å². The average molecular weight is 579 g/mol. The van der Waals surface area contributed by atoms with Gasteiger partial charge in [-0.15, -0.1) is 0 Å². The third-order valence-corrected chi connectivity index (χ3v) is 8.99. The zero-order valence-corrected chi connectivity index (χ0v) is 24.7. The Bertz CT molecular complexity index is 1550. The van der Waals surface area contributed by atoms with E-state index < -0.39 is 11.8 Å². The van der Waals surface area contributed by atoms with Gasteiger partial charge in [-0.2, -0.15) is 0 Å². The standard InChI is InChI=1S/C36H38N2O5/c1-3-23(19-24-9-7-8-12-31(24)39)13-18-32-33-25(21-42-2)20-29-34(30(33)22-43-32)36(41)38(35(29)40)28-16-14-27(15-17-28)37-26-10-5-4-6-11-26/h4-12,14-17,19,29-30,32,34,37,39H,3,13,18,20-22H2,1-2H3/b23-19+/t29-,30+,32-,34-/m1/s1. The Morgan fingerprint density at radius 2 is 1.70 bits per heavy atom. The van der Waals surface area contributed by atoms with Crippen molar-refractivity contribution in [3.8, 4) is 5.75 Å². The molecular formula is C36H38N2O5. The molecule has 0 unspecified atom stereocenters. The molecule has 222 valence electrons. The van der Waals surface area contributed by atoms with Crippen LogP contribution in [0.4, 0.5) is 17.1 Å². The Balaban J connectivity index is 1.20. The second kappa shape index (κ2) is 12.6. The van der Waals surface area contributed by atoms with E-state index in [4.69, 9.17) is 9.47 Å². The fraction of sp³-hybridized carbons (Fsp3) is 0.333. The molecule has 0 radical (unpaired) electrons. The van der Waals surface area contributed by atoms with Gasteiger partial charge in [0.1, 0.15) is 5.75 Å². The van der Waals surface area contributed by atoms with Crippen LogP contribution in [-0.2, 0) is 19.1 Å². The maximum absolute atomic E-state index is 13.9. The number of rotatable bonds is 10. The lowest BCUT2D eigenvalue weighted by atomic mass is 9.69. The number of phenolic OH excluding ortho intramolecular Hbond substituents is 1. The number of nitrogens with zero attached hydrogens (tertiary/aromatic N) is 1. The van der Waals surface area contributed by atoms with Crippen molar-refractivity contribution in [2.45, 2.75) is 38.7 Å². The first-order chi connectivity index (χ1) is 21.0. The number of carbonyl (C=O) groups is 2. The van der Waals surface area contributed by atoms with Gasteiger partial charge in [-0.05, 0) is 79.3 Å². The van der Waals surface area contributed by atoms with Gasteiger partial charge in [0.05, 0.1) is 36.8 Å². The second-order valence-corrected chi connectivity index (χ2v) is 11.6. The van der Waals surface area contributed by atoms with Gasteiger partial charge in [-0.1, -0.05) is 55.0 Å². The van der Waals surface area contributed by atoms with E-state index in [9.17, 15) is 14.7 Å². The average Bonchev–Trinajstić information content (AvgIpc) is 3.55. The fourth-order valence-electron chi connectivity index (χ4n) is 6.91. The molecule has 3 aromatic rings. The Kier molecular flexibility index (Phi) is 8.45. The SMILES string of the molecule is CC/C(=C\c1ccccc1O)CC[C@H]1OC[C@H]2C1=C(COC)C[C@H]1C(=O)N(c3ccc(Nc4ccccc4)cc3)C(=O)[C@H]12. The monoisotopic (exact) mass is 578 g/mol. The molecule has 2 aliphatic heterocycles. The van der Waals surface area contributed by atoms with Crippen molar-refractivity contribution in [2.24, 2.45) is 17.8 Å². The number of nitrogens with one attached hydrogen (secondary N) is 1. The molecule has 7 heteroatoms. The number of anilines is 3. The van der Waals surface area contributed by atoms with Crippen LogP contribution >= 0.6 is 0 Å². The maximum Gasteiger partial charge on any atom is 0.238 e. The molecule has 0 spiro atoms. The Hall–Kier alpha value is -4.20. The number of ether oxygens (including phenoxy) is 2. The Labute approximate surface area is 252 Å². The number of amides is 2. The van der Waals surface area contributed by atoms with Crippen LogP contribution in [0, 0.1) is 17.8 Å². The molecule has 43 heavy (non-hydrogen) atoms. The number of para-hydroxylation sites is 2. The largest absolute Gasteiger partial charge is 0.507 e. The summed E-state index contributed by atoms with van der Waals surface area (Å²) >= 11 is 0. The highest BCUT2D eigenvalue weighted by atomic mass is 16.5. The Morgan fingerprint density at radius 1 is 0.977 bits per heavy atom. The minimum atomic E-state index is -0.433. The molecule has 6 rings (SSSR count). The van der Waals surface area contributed by atoms with Gasteiger partial charge in [0, 0.05) is 30.0 Å². The van der Waals surface area contributed by atoms with Gasteiger partial charge in [-0.3, -0.25) is 14.5 Å². The smallest absolute Gasteiger partial charge is 0.238 e. The van der Waals surface area contributed by atoms with E-state index in [0.717, 1.165) is 47.3 Å². The third-order valence-electron chi connectivity index (χ3n) is 8.99. The van der Waals surface area contributed by atoms with Crippen molar-refractivity contribution in [2.75, 3.05) is 30.5 Å². The first kappa shape index (κ1) is 28.9. The Morgan fingerprint density at radius 3 is 2.42 bits per heavy atom. The van der Waals surface area contributed by atoms with Crippen molar-refractivity contribution in [3.05, 3.63) is 101 Å².